The molecular formula is C16H21NO2. The molecule has 1 atom stereocenters. The van der Waals surface area contributed by atoms with Crippen molar-refractivity contribution in [3.8, 4) is 11.8 Å². The minimum atomic E-state index is -0.358. The summed E-state index contributed by atoms with van der Waals surface area (Å²) in [7, 11) is 0. The summed E-state index contributed by atoms with van der Waals surface area (Å²) >= 11 is 0. The van der Waals surface area contributed by atoms with E-state index in [1.165, 1.54) is 5.56 Å². The highest BCUT2D eigenvalue weighted by Crippen LogP contribution is 2.32. The molecule has 102 valence electrons. The summed E-state index contributed by atoms with van der Waals surface area (Å²) < 4.78 is 5.70. The van der Waals surface area contributed by atoms with Crippen LogP contribution in [0.25, 0.3) is 0 Å². The molecule has 0 amide bonds. The molecule has 0 heterocycles. The van der Waals surface area contributed by atoms with E-state index in [1.807, 2.05) is 32.0 Å². The van der Waals surface area contributed by atoms with Crippen molar-refractivity contribution in [3.05, 3.63) is 29.3 Å². The number of aryl methyl sites for hydroxylation is 1. The highest BCUT2D eigenvalue weighted by Gasteiger charge is 2.19. The molecule has 0 unspecified atom stereocenters. The van der Waals surface area contributed by atoms with E-state index in [-0.39, 0.29) is 11.5 Å². The van der Waals surface area contributed by atoms with Crippen LogP contribution in [0.1, 0.15) is 50.3 Å². The number of hydrogen-bond acceptors (Lipinski definition) is 3. The van der Waals surface area contributed by atoms with Crippen molar-refractivity contribution in [2.75, 3.05) is 6.61 Å². The van der Waals surface area contributed by atoms with Gasteiger partial charge in [0.05, 0.1) is 24.2 Å². The van der Waals surface area contributed by atoms with Gasteiger partial charge < -0.3 is 9.84 Å². The van der Waals surface area contributed by atoms with Gasteiger partial charge in [-0.05, 0) is 62.8 Å². The first kappa shape index (κ1) is 13.9. The third-order valence-electron chi connectivity index (χ3n) is 3.70. The average molecular weight is 259 g/mol. The lowest BCUT2D eigenvalue weighted by Gasteiger charge is -2.22. The largest absolute Gasteiger partial charge is 0.494 e. The topological polar surface area (TPSA) is 53.2 Å². The van der Waals surface area contributed by atoms with Gasteiger partial charge in [-0.3, -0.25) is 0 Å². The molecule has 0 aliphatic heterocycles. The zero-order valence-electron chi connectivity index (χ0n) is 11.6. The number of aliphatic hydroxyl groups excluding tert-OH is 1. The molecule has 2 rings (SSSR count). The molecule has 1 aliphatic carbocycles. The third kappa shape index (κ3) is 3.48. The van der Waals surface area contributed by atoms with E-state index in [2.05, 4.69) is 6.07 Å². The average Bonchev–Trinajstić information content (AvgIpc) is 2.39. The Kier molecular flexibility index (Phi) is 4.11. The number of fused-ring (bicyclic) bond motifs is 1. The number of hydrogen-bond donors (Lipinski definition) is 1. The van der Waals surface area contributed by atoms with Crippen molar-refractivity contribution in [1.29, 1.82) is 5.26 Å². The Hall–Kier alpha value is -1.53. The first-order valence-corrected chi connectivity index (χ1v) is 6.87. The molecule has 1 aromatic carbocycles. The lowest BCUT2D eigenvalue weighted by atomic mass is 9.89. The van der Waals surface area contributed by atoms with E-state index < -0.39 is 0 Å². The maximum Gasteiger partial charge on any atom is 0.119 e. The van der Waals surface area contributed by atoms with Crippen LogP contribution in [0.15, 0.2) is 18.2 Å². The Morgan fingerprint density at radius 3 is 3.00 bits per heavy atom. The van der Waals surface area contributed by atoms with Crippen molar-refractivity contribution in [1.82, 2.24) is 0 Å². The van der Waals surface area contributed by atoms with Gasteiger partial charge in [-0.25, -0.2) is 0 Å². The number of ether oxygens (including phenoxy) is 1. The standard InChI is InChI=1S/C16H21NO2/c1-16(2,11-17)8-9-19-13-7-6-12-4-3-5-15(18)14(12)10-13/h6-7,10,15,18H,3-5,8-9H2,1-2H3/t15-/m0/s1. The third-order valence-corrected chi connectivity index (χ3v) is 3.70. The number of nitrogens with zero attached hydrogens (tertiary/aromatic N) is 1. The molecule has 1 N–H and O–H groups in total. The monoisotopic (exact) mass is 259 g/mol. The van der Waals surface area contributed by atoms with E-state index in [0.717, 1.165) is 30.6 Å². The fourth-order valence-electron chi connectivity index (χ4n) is 2.32. The van der Waals surface area contributed by atoms with Gasteiger partial charge in [0.2, 0.25) is 0 Å². The molecule has 0 spiro atoms. The molecule has 1 aromatic rings. The van der Waals surface area contributed by atoms with Gasteiger partial charge >= 0.3 is 0 Å². The second kappa shape index (κ2) is 5.63. The van der Waals surface area contributed by atoms with Crippen molar-refractivity contribution in [2.45, 2.75) is 45.6 Å². The van der Waals surface area contributed by atoms with Crippen LogP contribution in [0.4, 0.5) is 0 Å². The molecule has 0 saturated heterocycles. The van der Waals surface area contributed by atoms with Crippen molar-refractivity contribution < 1.29 is 9.84 Å². The lowest BCUT2D eigenvalue weighted by molar-refractivity contribution is 0.156. The Balaban J connectivity index is 1.99. The summed E-state index contributed by atoms with van der Waals surface area (Å²) in [6, 6.07) is 8.21. The molecule has 3 nitrogen and oxygen atoms in total. The van der Waals surface area contributed by atoms with Gasteiger partial charge in [0.15, 0.2) is 0 Å². The summed E-state index contributed by atoms with van der Waals surface area (Å²) in [6.45, 7) is 4.34. The fourth-order valence-corrected chi connectivity index (χ4v) is 2.32. The van der Waals surface area contributed by atoms with E-state index in [0.29, 0.717) is 13.0 Å². The van der Waals surface area contributed by atoms with Gasteiger partial charge in [0.25, 0.3) is 0 Å². The molecule has 1 aliphatic rings. The van der Waals surface area contributed by atoms with Crippen molar-refractivity contribution in [2.24, 2.45) is 5.41 Å². The highest BCUT2D eigenvalue weighted by molar-refractivity contribution is 5.38. The summed E-state index contributed by atoms with van der Waals surface area (Å²) in [5.74, 6) is 0.786. The SMILES string of the molecule is CC(C)(C#N)CCOc1ccc2c(c1)[C@@H](O)CCC2. The Morgan fingerprint density at radius 1 is 1.47 bits per heavy atom. The molecule has 3 heteroatoms. The molecule has 0 aromatic heterocycles. The van der Waals surface area contributed by atoms with E-state index in [4.69, 9.17) is 10.00 Å². The normalized spacial score (nSPS) is 18.5. The van der Waals surface area contributed by atoms with Crippen LogP contribution in [0, 0.1) is 16.7 Å². The summed E-state index contributed by atoms with van der Waals surface area (Å²) in [6.07, 6.45) is 3.25. The molecule has 0 saturated carbocycles. The van der Waals surface area contributed by atoms with Crippen LogP contribution in [0.3, 0.4) is 0 Å². The predicted molar refractivity (Wildman–Crippen MR) is 73.8 cm³/mol. The van der Waals surface area contributed by atoms with E-state index in [9.17, 15) is 5.11 Å². The summed E-state index contributed by atoms with van der Waals surface area (Å²) in [5, 5.41) is 18.9. The Labute approximate surface area is 114 Å². The smallest absolute Gasteiger partial charge is 0.119 e. The van der Waals surface area contributed by atoms with Crippen LogP contribution in [-0.2, 0) is 6.42 Å². The number of rotatable bonds is 4. The lowest BCUT2D eigenvalue weighted by Crippen LogP contribution is -2.14. The fraction of sp³-hybridized carbons (Fsp3) is 0.562. The predicted octanol–water partition coefficient (Wildman–Crippen LogP) is 3.37. The quantitative estimate of drug-likeness (QED) is 0.901. The van der Waals surface area contributed by atoms with Crippen LogP contribution < -0.4 is 4.74 Å². The second-order valence-corrected chi connectivity index (χ2v) is 5.86. The Morgan fingerprint density at radius 2 is 2.26 bits per heavy atom. The first-order chi connectivity index (χ1) is 9.02. The maximum atomic E-state index is 9.98. The molecule has 19 heavy (non-hydrogen) atoms. The van der Waals surface area contributed by atoms with Gasteiger partial charge in [-0.1, -0.05) is 6.07 Å². The van der Waals surface area contributed by atoms with Crippen molar-refractivity contribution >= 4 is 0 Å². The number of nitriles is 1. The molecular weight excluding hydrogens is 238 g/mol. The summed E-state index contributed by atoms with van der Waals surface area (Å²) in [5.41, 5.74) is 1.88. The highest BCUT2D eigenvalue weighted by atomic mass is 16.5. The van der Waals surface area contributed by atoms with Gasteiger partial charge in [0, 0.05) is 0 Å². The molecule has 0 bridgehead atoms. The second-order valence-electron chi connectivity index (χ2n) is 5.86. The first-order valence-electron chi connectivity index (χ1n) is 6.87. The van der Waals surface area contributed by atoms with Crippen LogP contribution in [0.2, 0.25) is 0 Å². The number of aliphatic hydroxyl groups is 1. The molecule has 0 fully saturated rings. The minimum Gasteiger partial charge on any atom is -0.494 e. The van der Waals surface area contributed by atoms with E-state index >= 15 is 0 Å². The Bertz CT molecular complexity index is 488. The van der Waals surface area contributed by atoms with Crippen LogP contribution in [0.5, 0.6) is 5.75 Å². The van der Waals surface area contributed by atoms with E-state index in [1.54, 1.807) is 0 Å². The number of benzene rings is 1. The zero-order valence-corrected chi connectivity index (χ0v) is 11.6. The van der Waals surface area contributed by atoms with Crippen LogP contribution in [-0.4, -0.2) is 11.7 Å². The maximum absolute atomic E-state index is 9.98. The van der Waals surface area contributed by atoms with Crippen LogP contribution >= 0.6 is 0 Å². The van der Waals surface area contributed by atoms with Crippen molar-refractivity contribution in [3.63, 3.8) is 0 Å². The zero-order chi connectivity index (χ0) is 13.9. The molecule has 0 radical (unpaired) electrons. The summed E-state index contributed by atoms with van der Waals surface area (Å²) in [4.78, 5) is 0. The van der Waals surface area contributed by atoms with Gasteiger partial charge in [0.1, 0.15) is 5.75 Å². The minimum absolute atomic E-state index is 0.353. The van der Waals surface area contributed by atoms with Gasteiger partial charge in [-0.2, -0.15) is 5.26 Å². The van der Waals surface area contributed by atoms with Gasteiger partial charge in [-0.15, -0.1) is 0 Å².